The lowest BCUT2D eigenvalue weighted by Crippen LogP contribution is -2.48. The fraction of sp³-hybridized carbons (Fsp3) is 0.333. The molecule has 6 nitrogen and oxygen atoms in total. The first-order valence-electron chi connectivity index (χ1n) is 9.05. The number of benzene rings is 2. The van der Waals surface area contributed by atoms with Gasteiger partial charge in [-0.1, -0.05) is 24.3 Å². The molecule has 4 rings (SSSR count). The number of aliphatic hydroxyl groups excluding tert-OH is 3. The van der Waals surface area contributed by atoms with Gasteiger partial charge < -0.3 is 29.4 Å². The number of hydrogen-bond acceptors (Lipinski definition) is 5. The van der Waals surface area contributed by atoms with Crippen molar-refractivity contribution in [2.75, 3.05) is 13.7 Å². The molecule has 7 heteroatoms. The summed E-state index contributed by atoms with van der Waals surface area (Å²) >= 11 is 0. The second kappa shape index (κ2) is 7.52. The van der Waals surface area contributed by atoms with Crippen LogP contribution < -0.4 is 4.74 Å². The van der Waals surface area contributed by atoms with Crippen molar-refractivity contribution >= 4 is 10.9 Å². The zero-order valence-corrected chi connectivity index (χ0v) is 15.3. The summed E-state index contributed by atoms with van der Waals surface area (Å²) in [4.78, 5) is 0. The average Bonchev–Trinajstić information content (AvgIpc) is 3.06. The Morgan fingerprint density at radius 3 is 2.57 bits per heavy atom. The molecule has 1 aromatic heterocycles. The Kier molecular flexibility index (Phi) is 5.07. The molecule has 2 aromatic carbocycles. The van der Waals surface area contributed by atoms with E-state index in [4.69, 9.17) is 9.47 Å². The van der Waals surface area contributed by atoms with Crippen LogP contribution in [0.2, 0.25) is 0 Å². The summed E-state index contributed by atoms with van der Waals surface area (Å²) in [6.07, 6.45) is -2.93. The van der Waals surface area contributed by atoms with Crippen molar-refractivity contribution in [3.05, 3.63) is 65.6 Å². The number of methoxy groups -OCH3 is 1. The molecular formula is C21H22FNO5. The van der Waals surface area contributed by atoms with Gasteiger partial charge in [0.15, 0.2) is 0 Å². The van der Waals surface area contributed by atoms with Crippen LogP contribution in [0.3, 0.4) is 0 Å². The lowest BCUT2D eigenvalue weighted by atomic mass is 9.94. The molecule has 1 fully saturated rings. The summed E-state index contributed by atoms with van der Waals surface area (Å²) in [5.74, 6) is 0.349. The van der Waals surface area contributed by atoms with Crippen LogP contribution in [0.5, 0.6) is 5.75 Å². The summed E-state index contributed by atoms with van der Waals surface area (Å²) in [6.45, 7) is 0.304. The Morgan fingerprint density at radius 2 is 1.86 bits per heavy atom. The van der Waals surface area contributed by atoms with E-state index < -0.39 is 24.4 Å². The van der Waals surface area contributed by atoms with E-state index in [0.717, 1.165) is 11.3 Å². The van der Waals surface area contributed by atoms with Crippen LogP contribution in [-0.2, 0) is 11.3 Å². The zero-order chi connectivity index (χ0) is 19.8. The second-order valence-corrected chi connectivity index (χ2v) is 7.00. The number of ether oxygens (including phenoxy) is 2. The molecular weight excluding hydrogens is 365 g/mol. The molecule has 0 bridgehead atoms. The normalized spacial score (nSPS) is 25.2. The van der Waals surface area contributed by atoms with Gasteiger partial charge in [-0.3, -0.25) is 0 Å². The fourth-order valence-corrected chi connectivity index (χ4v) is 3.70. The van der Waals surface area contributed by atoms with Gasteiger partial charge in [0.1, 0.15) is 36.0 Å². The lowest BCUT2D eigenvalue weighted by Gasteiger charge is -2.35. The summed E-state index contributed by atoms with van der Waals surface area (Å²) in [7, 11) is 1.59. The van der Waals surface area contributed by atoms with Crippen LogP contribution in [0.1, 0.15) is 17.2 Å². The van der Waals surface area contributed by atoms with E-state index in [9.17, 15) is 19.7 Å². The van der Waals surface area contributed by atoms with Crippen molar-refractivity contribution in [1.82, 2.24) is 4.57 Å². The van der Waals surface area contributed by atoms with Gasteiger partial charge >= 0.3 is 0 Å². The number of halogens is 1. The Morgan fingerprint density at radius 1 is 1.11 bits per heavy atom. The van der Waals surface area contributed by atoms with E-state index in [1.807, 2.05) is 24.3 Å². The smallest absolute Gasteiger partial charge is 0.147 e. The van der Waals surface area contributed by atoms with Crippen LogP contribution in [-0.4, -0.2) is 51.9 Å². The third-order valence-electron chi connectivity index (χ3n) is 5.20. The highest BCUT2D eigenvalue weighted by Gasteiger charge is 2.39. The summed E-state index contributed by atoms with van der Waals surface area (Å²) < 4.78 is 27.2. The molecule has 0 spiro atoms. The zero-order valence-electron chi connectivity index (χ0n) is 15.3. The molecule has 1 saturated heterocycles. The maximum absolute atomic E-state index is 14.7. The number of para-hydroxylation sites is 1. The minimum Gasteiger partial charge on any atom is -0.497 e. The summed E-state index contributed by atoms with van der Waals surface area (Å²) in [6, 6.07) is 12.2. The number of nitrogens with zero attached hydrogens (tertiary/aromatic N) is 1. The Balaban J connectivity index is 1.75. The highest BCUT2D eigenvalue weighted by Crippen LogP contribution is 2.36. The molecule has 0 aliphatic carbocycles. The maximum atomic E-state index is 14.7. The highest BCUT2D eigenvalue weighted by atomic mass is 19.1. The first-order chi connectivity index (χ1) is 13.5. The largest absolute Gasteiger partial charge is 0.497 e. The van der Waals surface area contributed by atoms with Gasteiger partial charge in [-0.05, 0) is 23.8 Å². The molecule has 28 heavy (non-hydrogen) atoms. The van der Waals surface area contributed by atoms with Crippen molar-refractivity contribution in [3.63, 3.8) is 0 Å². The van der Waals surface area contributed by atoms with Crippen LogP contribution >= 0.6 is 0 Å². The summed E-state index contributed by atoms with van der Waals surface area (Å²) in [5, 5.41) is 30.7. The van der Waals surface area contributed by atoms with Gasteiger partial charge in [-0.15, -0.1) is 0 Å². The van der Waals surface area contributed by atoms with Crippen molar-refractivity contribution in [1.29, 1.82) is 0 Å². The molecule has 4 atom stereocenters. The minimum absolute atomic E-state index is 0.108. The first kappa shape index (κ1) is 18.9. The molecule has 0 radical (unpaired) electrons. The SMILES string of the molecule is COc1ccc(Cn2cc([C@@H]3OC[C@@H](O)[C@H](O)[C@H]3O)c3cccc(F)c32)cc1. The Hall–Kier alpha value is -2.45. The molecule has 3 aromatic rings. The predicted octanol–water partition coefficient (Wildman–Crippen LogP) is 1.99. The Labute approximate surface area is 161 Å². The van der Waals surface area contributed by atoms with Gasteiger partial charge in [0.2, 0.25) is 0 Å². The minimum atomic E-state index is -1.33. The molecule has 0 saturated carbocycles. The number of aromatic nitrogens is 1. The van der Waals surface area contributed by atoms with E-state index in [0.29, 0.717) is 23.0 Å². The molecule has 2 heterocycles. The van der Waals surface area contributed by atoms with E-state index in [1.54, 1.807) is 30.0 Å². The van der Waals surface area contributed by atoms with Crippen LogP contribution in [0, 0.1) is 5.82 Å². The van der Waals surface area contributed by atoms with Crippen LogP contribution in [0.15, 0.2) is 48.7 Å². The highest BCUT2D eigenvalue weighted by molar-refractivity contribution is 5.85. The molecule has 1 aliphatic rings. The summed E-state index contributed by atoms with van der Waals surface area (Å²) in [5.41, 5.74) is 1.92. The van der Waals surface area contributed by atoms with Crippen LogP contribution in [0.4, 0.5) is 4.39 Å². The molecule has 3 N–H and O–H groups in total. The van der Waals surface area contributed by atoms with E-state index in [1.165, 1.54) is 6.07 Å². The molecule has 0 amide bonds. The predicted molar refractivity (Wildman–Crippen MR) is 101 cm³/mol. The molecule has 148 valence electrons. The number of hydrogen-bond donors (Lipinski definition) is 3. The van der Waals surface area contributed by atoms with Crippen molar-refractivity contribution in [2.24, 2.45) is 0 Å². The Bertz CT molecular complexity index is 971. The van der Waals surface area contributed by atoms with E-state index in [2.05, 4.69) is 0 Å². The van der Waals surface area contributed by atoms with Gasteiger partial charge in [0.25, 0.3) is 0 Å². The van der Waals surface area contributed by atoms with Gasteiger partial charge in [0.05, 0.1) is 19.2 Å². The van der Waals surface area contributed by atoms with Gasteiger partial charge in [-0.25, -0.2) is 4.39 Å². The first-order valence-corrected chi connectivity index (χ1v) is 9.05. The van der Waals surface area contributed by atoms with Crippen molar-refractivity contribution in [2.45, 2.75) is 31.0 Å². The quantitative estimate of drug-likeness (QED) is 0.638. The molecule has 1 aliphatic heterocycles. The van der Waals surface area contributed by atoms with E-state index >= 15 is 0 Å². The average molecular weight is 387 g/mol. The number of aliphatic hydroxyl groups is 3. The standard InChI is InChI=1S/C21H22FNO5/c1-27-13-7-5-12(6-8-13)9-23-10-15(14-3-2-4-16(22)18(14)23)21-20(26)19(25)17(24)11-28-21/h2-8,10,17,19-21,24-26H,9,11H2,1H3/t17-,19+,20-,21+/m1/s1. The number of fused-ring (bicyclic) bond motifs is 1. The topological polar surface area (TPSA) is 84.1 Å². The molecule has 0 unspecified atom stereocenters. The van der Waals surface area contributed by atoms with Gasteiger partial charge in [0, 0.05) is 23.7 Å². The van der Waals surface area contributed by atoms with Gasteiger partial charge in [-0.2, -0.15) is 0 Å². The van der Waals surface area contributed by atoms with Crippen molar-refractivity contribution < 1.29 is 29.2 Å². The monoisotopic (exact) mass is 387 g/mol. The third kappa shape index (κ3) is 3.27. The lowest BCUT2D eigenvalue weighted by molar-refractivity contribution is -0.188. The van der Waals surface area contributed by atoms with E-state index in [-0.39, 0.29) is 12.4 Å². The second-order valence-electron chi connectivity index (χ2n) is 7.00. The maximum Gasteiger partial charge on any atom is 0.147 e. The van der Waals surface area contributed by atoms with Crippen molar-refractivity contribution in [3.8, 4) is 5.75 Å². The van der Waals surface area contributed by atoms with Crippen LogP contribution in [0.25, 0.3) is 10.9 Å². The fourth-order valence-electron chi connectivity index (χ4n) is 3.70. The third-order valence-corrected chi connectivity index (χ3v) is 5.20. The number of rotatable bonds is 4.